The summed E-state index contributed by atoms with van der Waals surface area (Å²) in [4.78, 5) is 0.162. The van der Waals surface area contributed by atoms with E-state index in [1.807, 2.05) is 0 Å². The Morgan fingerprint density at radius 3 is 2.38 bits per heavy atom. The second-order valence-electron chi connectivity index (χ2n) is 3.19. The van der Waals surface area contributed by atoms with Gasteiger partial charge in [0.05, 0.1) is 18.0 Å². The van der Waals surface area contributed by atoms with E-state index in [1.165, 1.54) is 19.2 Å². The predicted molar refractivity (Wildman–Crippen MR) is 61.6 cm³/mol. The largest absolute Gasteiger partial charge is 0.497 e. The van der Waals surface area contributed by atoms with Gasteiger partial charge in [-0.15, -0.1) is 6.42 Å². The number of nitrogens with one attached hydrogen (secondary N) is 1. The van der Waals surface area contributed by atoms with Gasteiger partial charge in [-0.25, -0.2) is 8.42 Å². The van der Waals surface area contributed by atoms with E-state index in [-0.39, 0.29) is 4.90 Å². The summed E-state index contributed by atoms with van der Waals surface area (Å²) < 4.78 is 30.8. The Bertz CT molecular complexity index is 485. The summed E-state index contributed by atoms with van der Waals surface area (Å²) in [6.07, 6.45) is 5.11. The second kappa shape index (κ2) is 5.01. The van der Waals surface area contributed by atoms with E-state index < -0.39 is 16.1 Å². The minimum atomic E-state index is -3.54. The summed E-state index contributed by atoms with van der Waals surface area (Å²) in [5.74, 6) is 2.90. The topological polar surface area (TPSA) is 55.4 Å². The highest BCUT2D eigenvalue weighted by Gasteiger charge is 2.15. The molecule has 0 radical (unpaired) electrons. The lowest BCUT2D eigenvalue weighted by Crippen LogP contribution is -2.31. The van der Waals surface area contributed by atoms with E-state index in [2.05, 4.69) is 10.6 Å². The molecule has 5 heteroatoms. The molecule has 1 aromatic carbocycles. The number of sulfonamides is 1. The van der Waals surface area contributed by atoms with Crippen molar-refractivity contribution < 1.29 is 13.2 Å². The molecule has 0 heterocycles. The van der Waals surface area contributed by atoms with Crippen molar-refractivity contribution in [2.45, 2.75) is 17.9 Å². The Labute approximate surface area is 95.7 Å². The molecule has 16 heavy (non-hydrogen) atoms. The van der Waals surface area contributed by atoms with E-state index in [0.29, 0.717) is 5.75 Å². The van der Waals surface area contributed by atoms with Crippen molar-refractivity contribution in [1.29, 1.82) is 0 Å². The van der Waals surface area contributed by atoms with Crippen LogP contribution in [0.25, 0.3) is 0 Å². The molecule has 0 fully saturated rings. The number of hydrogen-bond donors (Lipinski definition) is 1. The van der Waals surface area contributed by atoms with Crippen LogP contribution in [0, 0.1) is 12.3 Å². The Hall–Kier alpha value is -1.51. The van der Waals surface area contributed by atoms with Gasteiger partial charge in [-0.05, 0) is 31.2 Å². The SMILES string of the molecule is C#C[C@H](C)NS(=O)(=O)c1ccc(OC)cc1. The normalized spacial score (nSPS) is 12.8. The molecule has 0 aromatic heterocycles. The van der Waals surface area contributed by atoms with Gasteiger partial charge in [-0.2, -0.15) is 4.72 Å². The number of methoxy groups -OCH3 is 1. The van der Waals surface area contributed by atoms with Crippen molar-refractivity contribution >= 4 is 10.0 Å². The molecule has 4 nitrogen and oxygen atoms in total. The Kier molecular flexibility index (Phi) is 3.93. The van der Waals surface area contributed by atoms with E-state index in [0.717, 1.165) is 0 Å². The zero-order valence-electron chi connectivity index (χ0n) is 9.10. The molecule has 0 aliphatic rings. The molecule has 0 amide bonds. The lowest BCUT2D eigenvalue weighted by Gasteiger charge is -2.09. The maximum absolute atomic E-state index is 11.8. The lowest BCUT2D eigenvalue weighted by molar-refractivity contribution is 0.414. The van der Waals surface area contributed by atoms with Crippen molar-refractivity contribution in [2.75, 3.05) is 7.11 Å². The van der Waals surface area contributed by atoms with Gasteiger partial charge in [0.15, 0.2) is 0 Å². The highest BCUT2D eigenvalue weighted by Crippen LogP contribution is 2.15. The van der Waals surface area contributed by atoms with Crippen LogP contribution in [0.15, 0.2) is 29.2 Å². The van der Waals surface area contributed by atoms with Gasteiger partial charge >= 0.3 is 0 Å². The molecule has 1 rings (SSSR count). The van der Waals surface area contributed by atoms with Crippen molar-refractivity contribution in [3.8, 4) is 18.1 Å². The smallest absolute Gasteiger partial charge is 0.241 e. The predicted octanol–water partition coefficient (Wildman–Crippen LogP) is 0.995. The fourth-order valence-electron chi connectivity index (χ4n) is 1.09. The number of hydrogen-bond acceptors (Lipinski definition) is 3. The van der Waals surface area contributed by atoms with E-state index in [1.54, 1.807) is 19.1 Å². The molecule has 1 aromatic rings. The molecule has 0 unspecified atom stereocenters. The van der Waals surface area contributed by atoms with E-state index >= 15 is 0 Å². The minimum absolute atomic E-state index is 0.162. The molecular weight excluding hydrogens is 226 g/mol. The van der Waals surface area contributed by atoms with Crippen LogP contribution >= 0.6 is 0 Å². The molecule has 0 aliphatic heterocycles. The van der Waals surface area contributed by atoms with Gasteiger partial charge in [0.1, 0.15) is 5.75 Å². The third-order valence-electron chi connectivity index (χ3n) is 1.95. The zero-order valence-corrected chi connectivity index (χ0v) is 9.91. The van der Waals surface area contributed by atoms with Gasteiger partial charge in [0.2, 0.25) is 10.0 Å². The number of rotatable bonds is 4. The molecule has 0 saturated carbocycles. The monoisotopic (exact) mass is 239 g/mol. The van der Waals surface area contributed by atoms with Crippen molar-refractivity contribution in [3.63, 3.8) is 0 Å². The van der Waals surface area contributed by atoms with Crippen LogP contribution in [0.3, 0.4) is 0 Å². The Morgan fingerprint density at radius 2 is 1.94 bits per heavy atom. The number of terminal acetylenes is 1. The van der Waals surface area contributed by atoms with Gasteiger partial charge in [-0.1, -0.05) is 5.92 Å². The molecule has 1 atom stereocenters. The summed E-state index contributed by atoms with van der Waals surface area (Å²) in [5.41, 5.74) is 0. The summed E-state index contributed by atoms with van der Waals surface area (Å²) in [6.45, 7) is 1.60. The first-order chi connectivity index (χ1) is 7.49. The molecule has 0 spiro atoms. The summed E-state index contributed by atoms with van der Waals surface area (Å²) in [6, 6.07) is 5.55. The molecule has 86 valence electrons. The van der Waals surface area contributed by atoms with Crippen LogP contribution < -0.4 is 9.46 Å². The van der Waals surface area contributed by atoms with E-state index in [9.17, 15) is 8.42 Å². The van der Waals surface area contributed by atoms with Gasteiger partial charge < -0.3 is 4.74 Å². The number of ether oxygens (including phenoxy) is 1. The van der Waals surface area contributed by atoms with Crippen LogP contribution in [-0.4, -0.2) is 21.6 Å². The fraction of sp³-hybridized carbons (Fsp3) is 0.273. The third-order valence-corrected chi connectivity index (χ3v) is 3.51. The maximum atomic E-state index is 11.8. The first-order valence-corrected chi connectivity index (χ1v) is 6.10. The van der Waals surface area contributed by atoms with Gasteiger partial charge in [0, 0.05) is 0 Å². The molecular formula is C11H13NO3S. The van der Waals surface area contributed by atoms with Crippen LogP contribution in [0.5, 0.6) is 5.75 Å². The Morgan fingerprint density at radius 1 is 1.38 bits per heavy atom. The van der Waals surface area contributed by atoms with Crippen molar-refractivity contribution in [3.05, 3.63) is 24.3 Å². The molecule has 0 aliphatic carbocycles. The molecule has 0 saturated heterocycles. The average Bonchev–Trinajstić information content (AvgIpc) is 2.28. The second-order valence-corrected chi connectivity index (χ2v) is 4.90. The first kappa shape index (κ1) is 12.6. The summed E-state index contributed by atoms with van der Waals surface area (Å²) in [7, 11) is -2.03. The van der Waals surface area contributed by atoms with Crippen LogP contribution in [0.1, 0.15) is 6.92 Å². The fourth-order valence-corrected chi connectivity index (χ4v) is 2.25. The van der Waals surface area contributed by atoms with Crippen LogP contribution in [0.2, 0.25) is 0 Å². The van der Waals surface area contributed by atoms with Crippen molar-refractivity contribution in [1.82, 2.24) is 4.72 Å². The lowest BCUT2D eigenvalue weighted by atomic mass is 10.3. The maximum Gasteiger partial charge on any atom is 0.241 e. The quantitative estimate of drug-likeness (QED) is 0.797. The molecule has 1 N–H and O–H groups in total. The average molecular weight is 239 g/mol. The highest BCUT2D eigenvalue weighted by molar-refractivity contribution is 7.89. The minimum Gasteiger partial charge on any atom is -0.497 e. The van der Waals surface area contributed by atoms with Crippen LogP contribution in [0.4, 0.5) is 0 Å². The highest BCUT2D eigenvalue weighted by atomic mass is 32.2. The number of benzene rings is 1. The van der Waals surface area contributed by atoms with E-state index in [4.69, 9.17) is 11.2 Å². The van der Waals surface area contributed by atoms with Crippen LogP contribution in [-0.2, 0) is 10.0 Å². The summed E-state index contributed by atoms with van der Waals surface area (Å²) >= 11 is 0. The standard InChI is InChI=1S/C11H13NO3S/c1-4-9(2)12-16(13,14)11-7-5-10(15-3)6-8-11/h1,5-9,12H,2-3H3/t9-/m0/s1. The third kappa shape index (κ3) is 2.99. The Balaban J connectivity index is 2.95. The summed E-state index contributed by atoms with van der Waals surface area (Å²) in [5, 5.41) is 0. The van der Waals surface area contributed by atoms with Gasteiger partial charge in [-0.3, -0.25) is 0 Å². The molecule has 0 bridgehead atoms. The first-order valence-electron chi connectivity index (χ1n) is 4.62. The zero-order chi connectivity index (χ0) is 12.2. The van der Waals surface area contributed by atoms with Crippen molar-refractivity contribution in [2.24, 2.45) is 0 Å². The van der Waals surface area contributed by atoms with Gasteiger partial charge in [0.25, 0.3) is 0 Å².